The van der Waals surface area contributed by atoms with Gasteiger partial charge in [-0.1, -0.05) is 30.3 Å². The van der Waals surface area contributed by atoms with Crippen LogP contribution in [0.4, 0.5) is 16.2 Å². The number of carbonyl (C=O) groups is 3. The second-order valence-corrected chi connectivity index (χ2v) is 8.33. The van der Waals surface area contributed by atoms with E-state index in [1.807, 2.05) is 54.6 Å². The minimum Gasteiger partial charge on any atom is -0.378 e. The van der Waals surface area contributed by atoms with E-state index in [1.165, 1.54) is 0 Å². The molecular formula is C24H28N4O4. The molecule has 1 atom stereocenters. The predicted octanol–water partition coefficient (Wildman–Crippen LogP) is 2.41. The molecule has 8 nitrogen and oxygen atoms in total. The molecule has 0 spiro atoms. The Kier molecular flexibility index (Phi) is 6.41. The zero-order chi connectivity index (χ0) is 22.6. The van der Waals surface area contributed by atoms with Crippen molar-refractivity contribution in [3.8, 4) is 0 Å². The number of anilines is 2. The van der Waals surface area contributed by atoms with Gasteiger partial charge in [-0.3, -0.25) is 14.5 Å². The molecule has 2 saturated heterocycles. The van der Waals surface area contributed by atoms with E-state index in [4.69, 9.17) is 4.74 Å². The first kappa shape index (κ1) is 21.8. The molecule has 2 N–H and O–H groups in total. The predicted molar refractivity (Wildman–Crippen MR) is 122 cm³/mol. The molecule has 0 aromatic heterocycles. The number of carbonyl (C=O) groups excluding carboxylic acids is 3. The van der Waals surface area contributed by atoms with Crippen molar-refractivity contribution in [1.29, 1.82) is 0 Å². The summed E-state index contributed by atoms with van der Waals surface area (Å²) in [6.07, 6.45) is 1.11. The minimum atomic E-state index is -1.02. The summed E-state index contributed by atoms with van der Waals surface area (Å²) in [5, 5.41) is 5.52. The van der Waals surface area contributed by atoms with Gasteiger partial charge in [-0.05, 0) is 49.6 Å². The summed E-state index contributed by atoms with van der Waals surface area (Å²) in [6, 6.07) is 16.8. The summed E-state index contributed by atoms with van der Waals surface area (Å²) < 4.78 is 5.37. The van der Waals surface area contributed by atoms with Gasteiger partial charge >= 0.3 is 6.03 Å². The molecular weight excluding hydrogens is 408 g/mol. The van der Waals surface area contributed by atoms with Gasteiger partial charge in [0.2, 0.25) is 5.91 Å². The number of morpholine rings is 1. The van der Waals surface area contributed by atoms with Crippen LogP contribution in [0.1, 0.15) is 18.9 Å². The van der Waals surface area contributed by atoms with Crippen molar-refractivity contribution in [2.24, 2.45) is 0 Å². The van der Waals surface area contributed by atoms with Gasteiger partial charge in [0.05, 0.1) is 13.2 Å². The van der Waals surface area contributed by atoms with E-state index in [2.05, 4.69) is 15.5 Å². The van der Waals surface area contributed by atoms with E-state index in [-0.39, 0.29) is 12.5 Å². The standard InChI is InChI=1S/C24H28N4O4/c1-24(12-11-18-5-3-2-4-6-18)22(30)28(23(31)26-24)17-21(29)25-19-7-9-20(10-8-19)27-13-15-32-16-14-27/h2-10H,11-17H2,1H3,(H,25,29)(H,26,31)/t24-/m0/s1. The maximum atomic E-state index is 12.9. The van der Waals surface area contributed by atoms with Gasteiger partial charge in [0, 0.05) is 24.5 Å². The van der Waals surface area contributed by atoms with E-state index in [0.717, 1.165) is 29.2 Å². The Morgan fingerprint density at radius 2 is 1.75 bits per heavy atom. The van der Waals surface area contributed by atoms with Crippen molar-refractivity contribution in [3.05, 3.63) is 60.2 Å². The molecule has 0 saturated carbocycles. The first-order valence-corrected chi connectivity index (χ1v) is 10.9. The fraction of sp³-hybridized carbons (Fsp3) is 0.375. The number of hydrogen-bond acceptors (Lipinski definition) is 5. The number of benzene rings is 2. The molecule has 32 heavy (non-hydrogen) atoms. The van der Waals surface area contributed by atoms with Crippen LogP contribution in [0.15, 0.2) is 54.6 Å². The first-order valence-electron chi connectivity index (χ1n) is 10.9. The Labute approximate surface area is 187 Å². The molecule has 0 aliphatic carbocycles. The lowest BCUT2D eigenvalue weighted by molar-refractivity contribution is -0.133. The van der Waals surface area contributed by atoms with Crippen LogP contribution in [-0.4, -0.2) is 61.1 Å². The third kappa shape index (κ3) is 4.91. The average molecular weight is 437 g/mol. The van der Waals surface area contributed by atoms with Crippen LogP contribution >= 0.6 is 0 Å². The monoisotopic (exact) mass is 436 g/mol. The van der Waals surface area contributed by atoms with E-state index in [9.17, 15) is 14.4 Å². The molecule has 168 valence electrons. The lowest BCUT2D eigenvalue weighted by atomic mass is 9.93. The fourth-order valence-corrected chi connectivity index (χ4v) is 4.02. The summed E-state index contributed by atoms with van der Waals surface area (Å²) in [5.41, 5.74) is 1.75. The van der Waals surface area contributed by atoms with Crippen molar-refractivity contribution < 1.29 is 19.1 Å². The van der Waals surface area contributed by atoms with Crippen molar-refractivity contribution in [3.63, 3.8) is 0 Å². The third-order valence-corrected chi connectivity index (χ3v) is 5.93. The van der Waals surface area contributed by atoms with E-state index in [0.29, 0.717) is 31.7 Å². The second-order valence-electron chi connectivity index (χ2n) is 8.33. The van der Waals surface area contributed by atoms with Crippen LogP contribution in [-0.2, 0) is 20.7 Å². The number of aryl methyl sites for hydroxylation is 1. The highest BCUT2D eigenvalue weighted by Crippen LogP contribution is 2.24. The van der Waals surface area contributed by atoms with E-state index < -0.39 is 17.5 Å². The minimum absolute atomic E-state index is 0.323. The van der Waals surface area contributed by atoms with Crippen molar-refractivity contribution in [1.82, 2.24) is 10.2 Å². The zero-order valence-corrected chi connectivity index (χ0v) is 18.2. The molecule has 2 heterocycles. The average Bonchev–Trinajstić information content (AvgIpc) is 3.03. The Balaban J connectivity index is 1.32. The maximum absolute atomic E-state index is 12.9. The van der Waals surface area contributed by atoms with Crippen molar-refractivity contribution in [2.45, 2.75) is 25.3 Å². The lowest BCUT2D eigenvalue weighted by Gasteiger charge is -2.28. The summed E-state index contributed by atoms with van der Waals surface area (Å²) in [6.45, 7) is 4.46. The highest BCUT2D eigenvalue weighted by molar-refractivity contribution is 6.09. The third-order valence-electron chi connectivity index (χ3n) is 5.93. The van der Waals surface area contributed by atoms with E-state index in [1.54, 1.807) is 6.92 Å². The second kappa shape index (κ2) is 9.40. The first-order chi connectivity index (χ1) is 15.4. The Morgan fingerprint density at radius 1 is 1.06 bits per heavy atom. The van der Waals surface area contributed by atoms with Gasteiger partial charge in [0.1, 0.15) is 12.1 Å². The zero-order valence-electron chi connectivity index (χ0n) is 18.2. The van der Waals surface area contributed by atoms with Gasteiger partial charge in [0.15, 0.2) is 0 Å². The van der Waals surface area contributed by atoms with Crippen LogP contribution in [0, 0.1) is 0 Å². The molecule has 2 aromatic carbocycles. The Hall–Kier alpha value is -3.39. The number of rotatable bonds is 7. The summed E-state index contributed by atoms with van der Waals surface area (Å²) >= 11 is 0. The normalized spacial score (nSPS) is 20.9. The van der Waals surface area contributed by atoms with Crippen molar-refractivity contribution >= 4 is 29.2 Å². The number of urea groups is 1. The molecule has 8 heteroatoms. The smallest absolute Gasteiger partial charge is 0.325 e. The molecule has 2 aromatic rings. The SMILES string of the molecule is C[C@@]1(CCc2ccccc2)NC(=O)N(CC(=O)Nc2ccc(N3CCOCC3)cc2)C1=O. The molecule has 4 amide bonds. The van der Waals surface area contributed by atoms with Gasteiger partial charge in [-0.15, -0.1) is 0 Å². The molecule has 0 bridgehead atoms. The summed E-state index contributed by atoms with van der Waals surface area (Å²) in [5.74, 6) is -0.795. The van der Waals surface area contributed by atoms with Gasteiger partial charge in [-0.25, -0.2) is 4.79 Å². The topological polar surface area (TPSA) is 91.0 Å². The number of nitrogens with zero attached hydrogens (tertiary/aromatic N) is 2. The highest BCUT2D eigenvalue weighted by atomic mass is 16.5. The quantitative estimate of drug-likeness (QED) is 0.651. The maximum Gasteiger partial charge on any atom is 0.325 e. The number of imide groups is 1. The van der Waals surface area contributed by atoms with Crippen LogP contribution in [0.5, 0.6) is 0 Å². The molecule has 2 aliphatic heterocycles. The van der Waals surface area contributed by atoms with Gasteiger partial charge in [-0.2, -0.15) is 0 Å². The molecule has 4 rings (SSSR count). The van der Waals surface area contributed by atoms with Crippen molar-refractivity contribution in [2.75, 3.05) is 43.1 Å². The van der Waals surface area contributed by atoms with Gasteiger partial charge in [0.25, 0.3) is 5.91 Å². The molecule has 0 radical (unpaired) electrons. The lowest BCUT2D eigenvalue weighted by Crippen LogP contribution is -2.45. The summed E-state index contributed by atoms with van der Waals surface area (Å²) in [7, 11) is 0. The van der Waals surface area contributed by atoms with E-state index >= 15 is 0 Å². The molecule has 2 aliphatic rings. The Morgan fingerprint density at radius 3 is 2.44 bits per heavy atom. The summed E-state index contributed by atoms with van der Waals surface area (Å²) in [4.78, 5) is 41.1. The Bertz CT molecular complexity index is 973. The van der Waals surface area contributed by atoms with Crippen LogP contribution in [0.2, 0.25) is 0 Å². The number of nitrogens with one attached hydrogen (secondary N) is 2. The number of hydrogen-bond donors (Lipinski definition) is 2. The number of ether oxygens (including phenoxy) is 1. The van der Waals surface area contributed by atoms with Crippen LogP contribution < -0.4 is 15.5 Å². The molecule has 0 unspecified atom stereocenters. The highest BCUT2D eigenvalue weighted by Gasteiger charge is 2.47. The molecule has 2 fully saturated rings. The largest absolute Gasteiger partial charge is 0.378 e. The number of amides is 4. The van der Waals surface area contributed by atoms with Crippen LogP contribution in [0.3, 0.4) is 0 Å². The van der Waals surface area contributed by atoms with Crippen LogP contribution in [0.25, 0.3) is 0 Å². The van der Waals surface area contributed by atoms with Gasteiger partial charge < -0.3 is 20.3 Å². The fourth-order valence-electron chi connectivity index (χ4n) is 4.02.